The van der Waals surface area contributed by atoms with Crippen molar-refractivity contribution in [1.29, 1.82) is 0 Å². The number of benzene rings is 1. The van der Waals surface area contributed by atoms with Gasteiger partial charge in [0, 0.05) is 37.7 Å². The lowest BCUT2D eigenvalue weighted by atomic mass is 10.1. The van der Waals surface area contributed by atoms with E-state index in [1.165, 1.54) is 4.90 Å². The van der Waals surface area contributed by atoms with Gasteiger partial charge < -0.3 is 15.3 Å². The van der Waals surface area contributed by atoms with Crippen molar-refractivity contribution >= 4 is 44.7 Å². The Morgan fingerprint density at radius 2 is 1.94 bits per heavy atom. The molecule has 0 saturated heterocycles. The van der Waals surface area contributed by atoms with Crippen molar-refractivity contribution in [3.8, 4) is 0 Å². The van der Waals surface area contributed by atoms with Crippen LogP contribution in [0.5, 0.6) is 0 Å². The average Bonchev–Trinajstić information content (AvgIpc) is 2.70. The van der Waals surface area contributed by atoms with E-state index in [0.29, 0.717) is 6.42 Å². The van der Waals surface area contributed by atoms with Crippen molar-refractivity contribution < 1.29 is 32.3 Å². The van der Waals surface area contributed by atoms with Crippen LogP contribution >= 0.6 is 11.6 Å². The third-order valence-corrected chi connectivity index (χ3v) is 5.13. The number of rotatable bonds is 14. The van der Waals surface area contributed by atoms with Crippen LogP contribution in [0.3, 0.4) is 0 Å². The number of aliphatic hydroxyl groups excluding tert-OH is 1. The fraction of sp³-hybridized carbons (Fsp3) is 0.588. The number of nitro groups is 2. The number of anilines is 1. The number of hydrogen-bond acceptors (Lipinski definition) is 10. The van der Waals surface area contributed by atoms with Gasteiger partial charge in [-0.05, 0) is 12.8 Å². The molecule has 2 N–H and O–H groups in total. The largest absolute Gasteiger partial charge is 0.396 e. The maximum Gasteiger partial charge on any atom is 0.300 e. The second-order valence-corrected chi connectivity index (χ2v) is 8.69. The highest BCUT2D eigenvalue weighted by Gasteiger charge is 2.31. The van der Waals surface area contributed by atoms with Gasteiger partial charge in [0.25, 0.3) is 27.4 Å². The molecular formula is C17H25ClN4O9S. The Hall–Kier alpha value is -2.55. The second-order valence-electron chi connectivity index (χ2n) is 6.67. The zero-order valence-electron chi connectivity index (χ0n) is 17.5. The molecule has 0 aliphatic rings. The van der Waals surface area contributed by atoms with Crippen LogP contribution in [0.1, 0.15) is 30.1 Å². The van der Waals surface area contributed by atoms with Gasteiger partial charge in [-0.1, -0.05) is 6.92 Å². The first kappa shape index (κ1) is 27.5. The van der Waals surface area contributed by atoms with Crippen molar-refractivity contribution in [2.45, 2.75) is 25.8 Å². The fourth-order valence-corrected chi connectivity index (χ4v) is 3.47. The van der Waals surface area contributed by atoms with E-state index >= 15 is 0 Å². The standard InChI is InChI=1S/C17H25ClN4O9S/c1-3-12(4-8-23)19-17(24)14-10-13(21(25)26)11-15(22(27)28)16(14)20(6-5-18)7-9-31-32(2,29)30/h10-12,23H,3-9H2,1-2H3,(H,19,24). The lowest BCUT2D eigenvalue weighted by Gasteiger charge is -2.26. The molecular weight excluding hydrogens is 472 g/mol. The van der Waals surface area contributed by atoms with Crippen LogP contribution in [0, 0.1) is 20.2 Å². The van der Waals surface area contributed by atoms with Crippen molar-refractivity contribution in [2.24, 2.45) is 0 Å². The van der Waals surface area contributed by atoms with Crippen LogP contribution in [0.25, 0.3) is 0 Å². The summed E-state index contributed by atoms with van der Waals surface area (Å²) < 4.78 is 27.2. The molecule has 15 heteroatoms. The number of alkyl halides is 1. The topological polar surface area (TPSA) is 182 Å². The summed E-state index contributed by atoms with van der Waals surface area (Å²) in [7, 11) is -3.80. The highest BCUT2D eigenvalue weighted by Crippen LogP contribution is 2.36. The van der Waals surface area contributed by atoms with Crippen molar-refractivity contribution in [2.75, 3.05) is 43.3 Å². The van der Waals surface area contributed by atoms with E-state index in [9.17, 15) is 33.4 Å². The number of amides is 1. The minimum absolute atomic E-state index is 0.0402. The van der Waals surface area contributed by atoms with Crippen molar-refractivity contribution in [3.63, 3.8) is 0 Å². The SMILES string of the molecule is CCC(CCO)NC(=O)c1cc([N+](=O)[O-])cc([N+](=O)[O-])c1N(CCCl)CCOS(C)(=O)=O. The lowest BCUT2D eigenvalue weighted by Crippen LogP contribution is -2.37. The molecule has 1 amide bonds. The maximum atomic E-state index is 13.0. The first-order chi connectivity index (χ1) is 14.9. The number of nitro benzene ring substituents is 2. The first-order valence-electron chi connectivity index (χ1n) is 9.49. The lowest BCUT2D eigenvalue weighted by molar-refractivity contribution is -0.393. The van der Waals surface area contributed by atoms with Crippen LogP contribution in [0.15, 0.2) is 12.1 Å². The average molecular weight is 497 g/mol. The molecule has 0 aliphatic heterocycles. The Balaban J connectivity index is 3.59. The van der Waals surface area contributed by atoms with Crippen LogP contribution < -0.4 is 10.2 Å². The van der Waals surface area contributed by atoms with E-state index in [0.717, 1.165) is 18.4 Å². The molecule has 32 heavy (non-hydrogen) atoms. The number of nitrogens with zero attached hydrogens (tertiary/aromatic N) is 3. The number of aliphatic hydroxyl groups is 1. The Morgan fingerprint density at radius 3 is 2.41 bits per heavy atom. The molecule has 1 aromatic rings. The third kappa shape index (κ3) is 8.18. The van der Waals surface area contributed by atoms with Crippen LogP contribution in [-0.2, 0) is 14.3 Å². The molecule has 0 saturated carbocycles. The highest BCUT2D eigenvalue weighted by atomic mass is 35.5. The van der Waals surface area contributed by atoms with E-state index in [4.69, 9.17) is 16.7 Å². The molecule has 1 atom stereocenters. The Bertz CT molecular complexity index is 942. The van der Waals surface area contributed by atoms with E-state index in [2.05, 4.69) is 9.50 Å². The molecule has 0 aliphatic carbocycles. The van der Waals surface area contributed by atoms with Gasteiger partial charge >= 0.3 is 0 Å². The molecule has 1 unspecified atom stereocenters. The van der Waals surface area contributed by atoms with Crippen molar-refractivity contribution in [1.82, 2.24) is 5.32 Å². The molecule has 180 valence electrons. The number of nitrogens with one attached hydrogen (secondary N) is 1. The van der Waals surface area contributed by atoms with Gasteiger partial charge in [0.1, 0.15) is 5.69 Å². The van der Waals surface area contributed by atoms with Gasteiger partial charge in [-0.3, -0.25) is 29.2 Å². The first-order valence-corrected chi connectivity index (χ1v) is 11.8. The zero-order valence-corrected chi connectivity index (χ0v) is 19.1. The summed E-state index contributed by atoms with van der Waals surface area (Å²) in [6, 6.07) is 1.14. The molecule has 13 nitrogen and oxygen atoms in total. The van der Waals surface area contributed by atoms with E-state index < -0.39 is 49.9 Å². The van der Waals surface area contributed by atoms with Crippen LogP contribution in [0.4, 0.5) is 17.1 Å². The molecule has 0 aromatic heterocycles. The monoisotopic (exact) mass is 496 g/mol. The Kier molecular flexibility index (Phi) is 10.7. The maximum absolute atomic E-state index is 13.0. The number of carbonyl (C=O) groups is 1. The highest BCUT2D eigenvalue weighted by molar-refractivity contribution is 7.85. The number of non-ortho nitro benzene ring substituents is 1. The van der Waals surface area contributed by atoms with Gasteiger partial charge in [0.2, 0.25) is 0 Å². The summed E-state index contributed by atoms with van der Waals surface area (Å²) >= 11 is 5.80. The molecule has 0 radical (unpaired) electrons. The summed E-state index contributed by atoms with van der Waals surface area (Å²) in [5.74, 6) is -0.869. The summed E-state index contributed by atoms with van der Waals surface area (Å²) in [6.45, 7) is 0.892. The van der Waals surface area contributed by atoms with Crippen molar-refractivity contribution in [3.05, 3.63) is 37.9 Å². The Labute approximate surface area is 189 Å². The predicted octanol–water partition coefficient (Wildman–Crippen LogP) is 1.42. The molecule has 0 fully saturated rings. The number of halogens is 1. The predicted molar refractivity (Wildman–Crippen MR) is 117 cm³/mol. The quantitative estimate of drug-likeness (QED) is 0.165. The van der Waals surface area contributed by atoms with Crippen LogP contribution in [-0.4, -0.2) is 73.8 Å². The minimum atomic E-state index is -3.80. The second kappa shape index (κ2) is 12.5. The Morgan fingerprint density at radius 1 is 1.28 bits per heavy atom. The minimum Gasteiger partial charge on any atom is -0.396 e. The molecule has 1 rings (SSSR count). The molecule has 1 aromatic carbocycles. The molecule has 0 spiro atoms. The van der Waals surface area contributed by atoms with Gasteiger partial charge in [0.05, 0.1) is 34.3 Å². The van der Waals surface area contributed by atoms with Gasteiger partial charge in [-0.15, -0.1) is 11.6 Å². The van der Waals surface area contributed by atoms with Crippen LogP contribution in [0.2, 0.25) is 0 Å². The van der Waals surface area contributed by atoms with E-state index in [1.807, 2.05) is 0 Å². The van der Waals surface area contributed by atoms with Gasteiger partial charge in [-0.25, -0.2) is 0 Å². The summed E-state index contributed by atoms with van der Waals surface area (Å²) in [6.07, 6.45) is 1.48. The normalized spacial score (nSPS) is 12.2. The molecule has 0 heterocycles. The number of carbonyl (C=O) groups excluding carboxylic acids is 1. The summed E-state index contributed by atoms with van der Waals surface area (Å²) in [4.78, 5) is 35.5. The number of hydrogen-bond donors (Lipinski definition) is 2. The molecule has 0 bridgehead atoms. The third-order valence-electron chi connectivity index (χ3n) is 4.36. The van der Waals surface area contributed by atoms with E-state index in [-0.39, 0.29) is 43.2 Å². The van der Waals surface area contributed by atoms with E-state index in [1.54, 1.807) is 6.92 Å². The summed E-state index contributed by atoms with van der Waals surface area (Å²) in [5.41, 5.74) is -2.00. The van der Waals surface area contributed by atoms with Gasteiger partial charge in [-0.2, -0.15) is 8.42 Å². The smallest absolute Gasteiger partial charge is 0.300 e. The summed E-state index contributed by atoms with van der Waals surface area (Å²) in [5, 5.41) is 34.8. The fourth-order valence-electron chi connectivity index (χ4n) is 2.89. The zero-order chi connectivity index (χ0) is 24.5. The van der Waals surface area contributed by atoms with Gasteiger partial charge in [0.15, 0.2) is 0 Å².